The van der Waals surface area contributed by atoms with Crippen LogP contribution in [0, 0.1) is 17.8 Å². The summed E-state index contributed by atoms with van der Waals surface area (Å²) in [5.41, 5.74) is 0. The van der Waals surface area contributed by atoms with Crippen LogP contribution in [-0.2, 0) is 9.53 Å². The lowest BCUT2D eigenvalue weighted by Crippen LogP contribution is -2.44. The molecular weight excluding hydrogens is 214 g/mol. The van der Waals surface area contributed by atoms with E-state index in [0.717, 1.165) is 18.4 Å². The number of rotatable bonds is 3. The fraction of sp³-hybridized carbons (Fsp3) is 0.929. The predicted molar refractivity (Wildman–Crippen MR) is 67.7 cm³/mol. The van der Waals surface area contributed by atoms with Crippen molar-refractivity contribution in [3.8, 4) is 0 Å². The van der Waals surface area contributed by atoms with E-state index >= 15 is 0 Å². The third-order valence-corrected chi connectivity index (χ3v) is 4.51. The maximum atomic E-state index is 11.4. The highest BCUT2D eigenvalue weighted by Gasteiger charge is 2.32. The summed E-state index contributed by atoms with van der Waals surface area (Å²) in [5, 5.41) is 0. The number of carbonyl (C=O) groups excluding carboxylic acids is 1. The van der Waals surface area contributed by atoms with Crippen LogP contribution < -0.4 is 0 Å². The van der Waals surface area contributed by atoms with Gasteiger partial charge in [-0.1, -0.05) is 26.2 Å². The van der Waals surface area contributed by atoms with Gasteiger partial charge in [-0.15, -0.1) is 0 Å². The second-order valence-electron chi connectivity index (χ2n) is 5.78. The molecule has 1 saturated carbocycles. The Bertz CT molecular complexity index is 267. The highest BCUT2D eigenvalue weighted by molar-refractivity contribution is 5.72. The van der Waals surface area contributed by atoms with E-state index in [1.807, 2.05) is 6.92 Å². The quantitative estimate of drug-likeness (QED) is 0.708. The molecule has 3 atom stereocenters. The van der Waals surface area contributed by atoms with E-state index in [2.05, 4.69) is 4.90 Å². The predicted octanol–water partition coefficient (Wildman–Crippen LogP) is 2.31. The average molecular weight is 239 g/mol. The summed E-state index contributed by atoms with van der Waals surface area (Å²) in [6, 6.07) is 0. The lowest BCUT2D eigenvalue weighted by Gasteiger charge is -2.41. The number of likely N-dealkylation sites (tertiary alicyclic amines) is 1. The first kappa shape index (κ1) is 12.9. The number of methoxy groups -OCH3 is 1. The van der Waals surface area contributed by atoms with E-state index in [9.17, 15) is 4.79 Å². The summed E-state index contributed by atoms with van der Waals surface area (Å²) in [7, 11) is 1.48. The van der Waals surface area contributed by atoms with Gasteiger partial charge in [0.05, 0.1) is 13.0 Å². The minimum Gasteiger partial charge on any atom is -0.469 e. The SMILES string of the molecule is COC(=O)C(C)CN1CCC2CCCCC2C1. The molecule has 3 unspecified atom stereocenters. The Balaban J connectivity index is 1.81. The highest BCUT2D eigenvalue weighted by Crippen LogP contribution is 2.36. The monoisotopic (exact) mass is 239 g/mol. The van der Waals surface area contributed by atoms with E-state index in [1.54, 1.807) is 0 Å². The van der Waals surface area contributed by atoms with Gasteiger partial charge in [0.1, 0.15) is 0 Å². The summed E-state index contributed by atoms with van der Waals surface area (Å²) >= 11 is 0. The number of hydrogen-bond donors (Lipinski definition) is 0. The van der Waals surface area contributed by atoms with E-state index in [0.29, 0.717) is 0 Å². The Labute approximate surface area is 105 Å². The summed E-state index contributed by atoms with van der Waals surface area (Å²) in [6.07, 6.45) is 7.00. The molecule has 3 nitrogen and oxygen atoms in total. The molecule has 2 fully saturated rings. The maximum Gasteiger partial charge on any atom is 0.309 e. The lowest BCUT2D eigenvalue weighted by molar-refractivity contribution is -0.145. The Morgan fingerprint density at radius 1 is 1.29 bits per heavy atom. The largest absolute Gasteiger partial charge is 0.469 e. The van der Waals surface area contributed by atoms with Crippen LogP contribution in [0.15, 0.2) is 0 Å². The van der Waals surface area contributed by atoms with Crippen molar-refractivity contribution >= 4 is 5.97 Å². The normalized spacial score (nSPS) is 31.6. The van der Waals surface area contributed by atoms with Gasteiger partial charge in [0.25, 0.3) is 0 Å². The molecule has 2 rings (SSSR count). The Kier molecular flexibility index (Phi) is 4.43. The Morgan fingerprint density at radius 3 is 2.71 bits per heavy atom. The molecule has 1 aliphatic carbocycles. The molecule has 1 aliphatic heterocycles. The number of nitrogens with zero attached hydrogens (tertiary/aromatic N) is 1. The first-order chi connectivity index (χ1) is 8.20. The maximum absolute atomic E-state index is 11.4. The summed E-state index contributed by atoms with van der Waals surface area (Å²) in [6.45, 7) is 5.21. The average Bonchev–Trinajstić information content (AvgIpc) is 2.37. The first-order valence-electron chi connectivity index (χ1n) is 7.01. The van der Waals surface area contributed by atoms with Gasteiger partial charge >= 0.3 is 5.97 Å². The molecule has 1 saturated heterocycles. The van der Waals surface area contributed by atoms with Crippen molar-refractivity contribution < 1.29 is 9.53 Å². The third kappa shape index (κ3) is 3.21. The Hall–Kier alpha value is -0.570. The van der Waals surface area contributed by atoms with Gasteiger partial charge in [-0.05, 0) is 31.2 Å². The van der Waals surface area contributed by atoms with Crippen LogP contribution >= 0.6 is 0 Å². The van der Waals surface area contributed by atoms with Crippen molar-refractivity contribution in [1.82, 2.24) is 4.90 Å². The number of hydrogen-bond acceptors (Lipinski definition) is 3. The highest BCUT2D eigenvalue weighted by atomic mass is 16.5. The summed E-state index contributed by atoms with van der Waals surface area (Å²) in [4.78, 5) is 13.9. The van der Waals surface area contributed by atoms with Crippen LogP contribution in [0.1, 0.15) is 39.0 Å². The number of piperidine rings is 1. The van der Waals surface area contributed by atoms with Gasteiger partial charge in [-0.3, -0.25) is 4.79 Å². The molecule has 0 aromatic carbocycles. The van der Waals surface area contributed by atoms with Crippen LogP contribution in [0.3, 0.4) is 0 Å². The van der Waals surface area contributed by atoms with Crippen molar-refractivity contribution in [2.24, 2.45) is 17.8 Å². The van der Waals surface area contributed by atoms with Gasteiger partial charge in [-0.25, -0.2) is 0 Å². The molecular formula is C14H25NO2. The van der Waals surface area contributed by atoms with E-state index in [-0.39, 0.29) is 11.9 Å². The zero-order chi connectivity index (χ0) is 12.3. The molecule has 0 radical (unpaired) electrons. The van der Waals surface area contributed by atoms with Crippen LogP contribution in [0.2, 0.25) is 0 Å². The molecule has 3 heteroatoms. The molecule has 0 amide bonds. The number of carbonyl (C=O) groups is 1. The van der Waals surface area contributed by atoms with Crippen molar-refractivity contribution in [2.45, 2.75) is 39.0 Å². The summed E-state index contributed by atoms with van der Waals surface area (Å²) < 4.78 is 4.79. The van der Waals surface area contributed by atoms with Gasteiger partial charge < -0.3 is 9.64 Å². The van der Waals surface area contributed by atoms with Crippen LogP contribution in [0.4, 0.5) is 0 Å². The number of fused-ring (bicyclic) bond motifs is 1. The minimum absolute atomic E-state index is 0.0140. The van der Waals surface area contributed by atoms with Crippen molar-refractivity contribution in [2.75, 3.05) is 26.7 Å². The van der Waals surface area contributed by atoms with Crippen molar-refractivity contribution in [3.63, 3.8) is 0 Å². The zero-order valence-corrected chi connectivity index (χ0v) is 11.2. The van der Waals surface area contributed by atoms with Gasteiger partial charge in [0.2, 0.25) is 0 Å². The molecule has 1 heterocycles. The van der Waals surface area contributed by atoms with Crippen LogP contribution in [0.25, 0.3) is 0 Å². The second-order valence-corrected chi connectivity index (χ2v) is 5.78. The molecule has 0 aromatic heterocycles. The van der Waals surface area contributed by atoms with Gasteiger partial charge in [-0.2, -0.15) is 0 Å². The van der Waals surface area contributed by atoms with Crippen molar-refractivity contribution in [3.05, 3.63) is 0 Å². The van der Waals surface area contributed by atoms with Crippen LogP contribution in [-0.4, -0.2) is 37.6 Å². The topological polar surface area (TPSA) is 29.5 Å². The molecule has 0 N–H and O–H groups in total. The molecule has 0 spiro atoms. The van der Waals surface area contributed by atoms with E-state index in [1.165, 1.54) is 52.3 Å². The molecule has 17 heavy (non-hydrogen) atoms. The molecule has 2 aliphatic rings. The van der Waals surface area contributed by atoms with Gasteiger partial charge in [0.15, 0.2) is 0 Å². The van der Waals surface area contributed by atoms with E-state index < -0.39 is 0 Å². The first-order valence-corrected chi connectivity index (χ1v) is 7.01. The summed E-state index contributed by atoms with van der Waals surface area (Å²) in [5.74, 6) is 1.80. The minimum atomic E-state index is -0.0734. The smallest absolute Gasteiger partial charge is 0.309 e. The lowest BCUT2D eigenvalue weighted by atomic mass is 9.75. The number of ether oxygens (including phenoxy) is 1. The Morgan fingerprint density at radius 2 is 2.00 bits per heavy atom. The fourth-order valence-corrected chi connectivity index (χ4v) is 3.51. The molecule has 98 valence electrons. The second kappa shape index (κ2) is 5.85. The van der Waals surface area contributed by atoms with Gasteiger partial charge in [0, 0.05) is 13.1 Å². The zero-order valence-electron chi connectivity index (χ0n) is 11.2. The molecule has 0 bridgehead atoms. The molecule has 0 aromatic rings. The van der Waals surface area contributed by atoms with Crippen molar-refractivity contribution in [1.29, 1.82) is 0 Å². The number of esters is 1. The van der Waals surface area contributed by atoms with Crippen LogP contribution in [0.5, 0.6) is 0 Å². The fourth-order valence-electron chi connectivity index (χ4n) is 3.51. The third-order valence-electron chi connectivity index (χ3n) is 4.51. The van der Waals surface area contributed by atoms with E-state index in [4.69, 9.17) is 4.74 Å². The standard InChI is InChI=1S/C14H25NO2/c1-11(14(16)17-2)9-15-8-7-12-5-3-4-6-13(12)10-15/h11-13H,3-10H2,1-2H3.